The quantitative estimate of drug-likeness (QED) is 0.459. The molecule has 0 saturated heterocycles. The minimum absolute atomic E-state index is 0.690. The Balaban J connectivity index is 4.48. The van der Waals surface area contributed by atoms with Crippen molar-refractivity contribution in [3.63, 3.8) is 0 Å². The van der Waals surface area contributed by atoms with Crippen molar-refractivity contribution in [2.24, 2.45) is 10.7 Å². The molecule has 0 bridgehead atoms. The maximum absolute atomic E-state index is 5.60. The summed E-state index contributed by atoms with van der Waals surface area (Å²) in [6.07, 6.45) is 1.88. The van der Waals surface area contributed by atoms with E-state index >= 15 is 0 Å². The van der Waals surface area contributed by atoms with Gasteiger partial charge in [-0.2, -0.15) is 0 Å². The third-order valence-electron chi connectivity index (χ3n) is 1.10. The van der Waals surface area contributed by atoms with E-state index in [1.165, 1.54) is 5.57 Å². The molecule has 0 aromatic heterocycles. The van der Waals surface area contributed by atoms with Gasteiger partial charge in [0.1, 0.15) is 0 Å². The highest BCUT2D eigenvalue weighted by Gasteiger charge is 1.88. The van der Waals surface area contributed by atoms with E-state index in [2.05, 4.69) is 11.7 Å². The predicted molar refractivity (Wildman–Crippen MR) is 45.9 cm³/mol. The van der Waals surface area contributed by atoms with Crippen LogP contribution in [0.15, 0.2) is 28.0 Å². The highest BCUT2D eigenvalue weighted by molar-refractivity contribution is 5.32. The molecule has 0 aromatic rings. The van der Waals surface area contributed by atoms with E-state index in [1.807, 2.05) is 26.8 Å². The van der Waals surface area contributed by atoms with Crippen LogP contribution in [0.1, 0.15) is 20.8 Å². The normalized spacial score (nSPS) is 11.9. The first-order valence-electron chi connectivity index (χ1n) is 3.16. The third kappa shape index (κ3) is 3.07. The number of aliphatic imine (C=N–C) groups is 1. The Morgan fingerprint density at radius 1 is 1.40 bits per heavy atom. The molecule has 0 aliphatic heterocycles. The topological polar surface area (TPSA) is 38.4 Å². The fraction of sp³-hybridized carbons (Fsp3) is 0.375. The van der Waals surface area contributed by atoms with Crippen LogP contribution in [0.5, 0.6) is 0 Å². The monoisotopic (exact) mass is 138 g/mol. The maximum Gasteiger partial charge on any atom is 0.0594 e. The fourth-order valence-electron chi connectivity index (χ4n) is 0.507. The van der Waals surface area contributed by atoms with Crippen LogP contribution in [0, 0.1) is 0 Å². The van der Waals surface area contributed by atoms with Crippen molar-refractivity contribution in [1.29, 1.82) is 0 Å². The summed E-state index contributed by atoms with van der Waals surface area (Å²) >= 11 is 0. The SMILES string of the molecule is C=N/C(C)=C(/N)C=C(C)C. The van der Waals surface area contributed by atoms with E-state index in [4.69, 9.17) is 5.73 Å². The Bertz CT molecular complexity index is 183. The zero-order chi connectivity index (χ0) is 8.15. The van der Waals surface area contributed by atoms with E-state index in [1.54, 1.807) is 0 Å². The van der Waals surface area contributed by atoms with Gasteiger partial charge in [0.15, 0.2) is 0 Å². The molecule has 56 valence electrons. The molecule has 0 spiro atoms. The molecule has 0 radical (unpaired) electrons. The summed E-state index contributed by atoms with van der Waals surface area (Å²) in [7, 11) is 0. The van der Waals surface area contributed by atoms with Crippen LogP contribution in [0.25, 0.3) is 0 Å². The maximum atomic E-state index is 5.60. The summed E-state index contributed by atoms with van der Waals surface area (Å²) < 4.78 is 0. The van der Waals surface area contributed by atoms with Gasteiger partial charge in [0.25, 0.3) is 0 Å². The molecule has 0 atom stereocenters. The highest BCUT2D eigenvalue weighted by Crippen LogP contribution is 2.02. The van der Waals surface area contributed by atoms with Crippen molar-refractivity contribution in [3.8, 4) is 0 Å². The van der Waals surface area contributed by atoms with Gasteiger partial charge >= 0.3 is 0 Å². The molecule has 0 aliphatic carbocycles. The Morgan fingerprint density at radius 2 is 1.90 bits per heavy atom. The first-order chi connectivity index (χ1) is 4.57. The van der Waals surface area contributed by atoms with Crippen LogP contribution in [0.4, 0.5) is 0 Å². The van der Waals surface area contributed by atoms with Crippen LogP contribution in [0.3, 0.4) is 0 Å². The highest BCUT2D eigenvalue weighted by atomic mass is 14.7. The zero-order valence-corrected chi connectivity index (χ0v) is 6.81. The van der Waals surface area contributed by atoms with Crippen molar-refractivity contribution >= 4 is 6.72 Å². The Morgan fingerprint density at radius 3 is 2.20 bits per heavy atom. The average molecular weight is 138 g/mol. The molecule has 0 amide bonds. The molecular weight excluding hydrogens is 124 g/mol. The molecule has 0 saturated carbocycles. The number of hydrogen-bond donors (Lipinski definition) is 1. The van der Waals surface area contributed by atoms with E-state index < -0.39 is 0 Å². The smallest absolute Gasteiger partial charge is 0.0594 e. The summed E-state index contributed by atoms with van der Waals surface area (Å²) in [5, 5.41) is 0. The minimum atomic E-state index is 0.690. The molecule has 2 N–H and O–H groups in total. The molecule has 0 aromatic carbocycles. The summed E-state index contributed by atoms with van der Waals surface area (Å²) in [6.45, 7) is 9.19. The predicted octanol–water partition coefficient (Wildman–Crippen LogP) is 1.84. The average Bonchev–Trinajstić information content (AvgIpc) is 1.85. The number of hydrogen-bond acceptors (Lipinski definition) is 2. The molecule has 2 heteroatoms. The van der Waals surface area contributed by atoms with Crippen LogP contribution in [-0.4, -0.2) is 6.72 Å². The van der Waals surface area contributed by atoms with Gasteiger partial charge in [0.2, 0.25) is 0 Å². The first-order valence-corrected chi connectivity index (χ1v) is 3.16. The van der Waals surface area contributed by atoms with Gasteiger partial charge in [-0.3, -0.25) is 4.99 Å². The van der Waals surface area contributed by atoms with Gasteiger partial charge < -0.3 is 5.73 Å². The van der Waals surface area contributed by atoms with Crippen molar-refractivity contribution in [2.75, 3.05) is 0 Å². The molecule has 0 fully saturated rings. The van der Waals surface area contributed by atoms with Gasteiger partial charge in [-0.05, 0) is 33.6 Å². The Hall–Kier alpha value is -1.05. The summed E-state index contributed by atoms with van der Waals surface area (Å²) in [5.41, 5.74) is 8.23. The number of allylic oxidation sites excluding steroid dienone is 3. The number of nitrogens with two attached hydrogens (primary N) is 1. The lowest BCUT2D eigenvalue weighted by Gasteiger charge is -1.96. The summed E-state index contributed by atoms with van der Waals surface area (Å²) in [6, 6.07) is 0. The van der Waals surface area contributed by atoms with Gasteiger partial charge in [0.05, 0.1) is 11.4 Å². The number of rotatable bonds is 2. The van der Waals surface area contributed by atoms with E-state index in [-0.39, 0.29) is 0 Å². The van der Waals surface area contributed by atoms with Crippen molar-refractivity contribution in [2.45, 2.75) is 20.8 Å². The van der Waals surface area contributed by atoms with Gasteiger partial charge in [-0.25, -0.2) is 0 Å². The molecule has 0 aliphatic rings. The van der Waals surface area contributed by atoms with Crippen LogP contribution in [0.2, 0.25) is 0 Å². The van der Waals surface area contributed by atoms with Crippen molar-refractivity contribution in [1.82, 2.24) is 0 Å². The van der Waals surface area contributed by atoms with Gasteiger partial charge in [-0.1, -0.05) is 5.57 Å². The lowest BCUT2D eigenvalue weighted by atomic mass is 10.2. The summed E-state index contributed by atoms with van der Waals surface area (Å²) in [4.78, 5) is 3.70. The van der Waals surface area contributed by atoms with Crippen molar-refractivity contribution in [3.05, 3.63) is 23.0 Å². The zero-order valence-electron chi connectivity index (χ0n) is 6.81. The van der Waals surface area contributed by atoms with Crippen LogP contribution >= 0.6 is 0 Å². The minimum Gasteiger partial charge on any atom is -0.397 e. The Kier molecular flexibility index (Phi) is 3.47. The second-order valence-corrected chi connectivity index (χ2v) is 2.42. The molecule has 0 unspecified atom stereocenters. The van der Waals surface area contributed by atoms with Crippen molar-refractivity contribution < 1.29 is 0 Å². The van der Waals surface area contributed by atoms with E-state index in [9.17, 15) is 0 Å². The first kappa shape index (κ1) is 8.95. The second-order valence-electron chi connectivity index (χ2n) is 2.42. The van der Waals surface area contributed by atoms with E-state index in [0.29, 0.717) is 5.70 Å². The largest absolute Gasteiger partial charge is 0.397 e. The molecule has 0 rings (SSSR count). The van der Waals surface area contributed by atoms with E-state index in [0.717, 1.165) is 5.70 Å². The number of nitrogens with zero attached hydrogens (tertiary/aromatic N) is 1. The van der Waals surface area contributed by atoms with Crippen LogP contribution < -0.4 is 5.73 Å². The van der Waals surface area contributed by atoms with Crippen LogP contribution in [-0.2, 0) is 0 Å². The Labute approximate surface area is 62.1 Å². The second kappa shape index (κ2) is 3.88. The molecule has 10 heavy (non-hydrogen) atoms. The lowest BCUT2D eigenvalue weighted by molar-refractivity contribution is 1.20. The molecular formula is C8H14N2. The van der Waals surface area contributed by atoms with Gasteiger partial charge in [-0.15, -0.1) is 0 Å². The fourth-order valence-corrected chi connectivity index (χ4v) is 0.507. The van der Waals surface area contributed by atoms with Gasteiger partial charge in [0, 0.05) is 0 Å². The standard InChI is InChI=1S/C8H14N2/c1-6(2)5-8(9)7(3)10-4/h5H,4,9H2,1-3H3/b8-7+. The lowest BCUT2D eigenvalue weighted by Crippen LogP contribution is -1.96. The summed E-state index contributed by atoms with van der Waals surface area (Å²) in [5.74, 6) is 0. The molecule has 2 nitrogen and oxygen atoms in total. The third-order valence-corrected chi connectivity index (χ3v) is 1.10. The molecule has 0 heterocycles.